The molecule has 1 aromatic heterocycles. The van der Waals surface area contributed by atoms with Gasteiger partial charge in [-0.25, -0.2) is 4.98 Å². The fraction of sp³-hybridized carbons (Fsp3) is 0.263. The van der Waals surface area contributed by atoms with Crippen molar-refractivity contribution in [3.63, 3.8) is 0 Å². The quantitative estimate of drug-likeness (QED) is 0.662. The molecule has 2 aromatic carbocycles. The van der Waals surface area contributed by atoms with E-state index in [2.05, 4.69) is 4.98 Å². The van der Waals surface area contributed by atoms with Crippen molar-refractivity contribution < 1.29 is 9.53 Å². The van der Waals surface area contributed by atoms with Gasteiger partial charge in [0.2, 0.25) is 0 Å². The zero-order valence-electron chi connectivity index (χ0n) is 13.5. The third kappa shape index (κ3) is 3.54. The second-order valence-electron chi connectivity index (χ2n) is 6.02. The normalized spacial score (nSPS) is 17.1. The van der Waals surface area contributed by atoms with E-state index < -0.39 is 0 Å². The number of carbonyl (C=O) groups is 1. The van der Waals surface area contributed by atoms with Gasteiger partial charge in [-0.15, -0.1) is 0 Å². The van der Waals surface area contributed by atoms with Crippen LogP contribution in [0, 0.1) is 0 Å². The number of halogens is 1. The van der Waals surface area contributed by atoms with Gasteiger partial charge in [0, 0.05) is 17.2 Å². The van der Waals surface area contributed by atoms with Crippen LogP contribution in [0.15, 0.2) is 48.5 Å². The van der Waals surface area contributed by atoms with Crippen LogP contribution in [0.1, 0.15) is 23.2 Å². The van der Waals surface area contributed by atoms with Crippen molar-refractivity contribution in [3.05, 3.63) is 59.1 Å². The zero-order chi connectivity index (χ0) is 17.2. The highest BCUT2D eigenvalue weighted by Crippen LogP contribution is 2.30. The highest BCUT2D eigenvalue weighted by Gasteiger charge is 2.27. The lowest BCUT2D eigenvalue weighted by Crippen LogP contribution is -2.37. The number of benzene rings is 2. The summed E-state index contributed by atoms with van der Waals surface area (Å²) in [6.45, 7) is 1.27. The van der Waals surface area contributed by atoms with Crippen LogP contribution in [0.5, 0.6) is 0 Å². The molecule has 1 amide bonds. The minimum atomic E-state index is -0.0776. The smallest absolute Gasteiger partial charge is 0.260 e. The summed E-state index contributed by atoms with van der Waals surface area (Å²) in [5.74, 6) is -0.0776. The van der Waals surface area contributed by atoms with Crippen molar-refractivity contribution in [2.24, 2.45) is 0 Å². The number of anilines is 1. The van der Waals surface area contributed by atoms with Gasteiger partial charge in [0.05, 0.1) is 22.9 Å². The Labute approximate surface area is 155 Å². The summed E-state index contributed by atoms with van der Waals surface area (Å²) in [5.41, 5.74) is 1.50. The predicted octanol–water partition coefficient (Wildman–Crippen LogP) is 4.78. The van der Waals surface area contributed by atoms with Crippen LogP contribution >= 0.6 is 22.9 Å². The van der Waals surface area contributed by atoms with Gasteiger partial charge in [0.15, 0.2) is 5.13 Å². The molecule has 3 aromatic rings. The molecule has 0 bridgehead atoms. The molecular formula is C19H17ClN2O2S. The van der Waals surface area contributed by atoms with E-state index in [0.29, 0.717) is 22.3 Å². The Kier molecular flexibility index (Phi) is 4.70. The zero-order valence-corrected chi connectivity index (χ0v) is 15.1. The molecule has 0 N–H and O–H groups in total. The van der Waals surface area contributed by atoms with E-state index in [1.165, 1.54) is 11.3 Å². The minimum Gasteiger partial charge on any atom is -0.376 e. The van der Waals surface area contributed by atoms with E-state index in [9.17, 15) is 4.79 Å². The van der Waals surface area contributed by atoms with Crippen LogP contribution in [0.2, 0.25) is 5.02 Å². The Morgan fingerprint density at radius 2 is 2.04 bits per heavy atom. The highest BCUT2D eigenvalue weighted by atomic mass is 35.5. The monoisotopic (exact) mass is 372 g/mol. The SMILES string of the molecule is O=C(c1ccc(Cl)cc1)N(C[C@@H]1CCCO1)c1nc2ccccc2s1. The fourth-order valence-electron chi connectivity index (χ4n) is 2.96. The largest absolute Gasteiger partial charge is 0.376 e. The first-order valence-electron chi connectivity index (χ1n) is 8.25. The lowest BCUT2D eigenvalue weighted by atomic mass is 10.2. The molecule has 4 rings (SSSR count). The molecule has 0 spiro atoms. The van der Waals surface area contributed by atoms with Gasteiger partial charge in [-0.1, -0.05) is 35.1 Å². The van der Waals surface area contributed by atoms with Crippen LogP contribution in [0.4, 0.5) is 5.13 Å². The maximum Gasteiger partial charge on any atom is 0.260 e. The molecule has 1 aliphatic heterocycles. The summed E-state index contributed by atoms with van der Waals surface area (Å²) >= 11 is 7.48. The van der Waals surface area contributed by atoms with Crippen LogP contribution in [0.25, 0.3) is 10.2 Å². The van der Waals surface area contributed by atoms with Crippen molar-refractivity contribution in [1.82, 2.24) is 4.98 Å². The van der Waals surface area contributed by atoms with E-state index in [4.69, 9.17) is 16.3 Å². The number of para-hydroxylation sites is 1. The molecule has 128 valence electrons. The molecule has 6 heteroatoms. The van der Waals surface area contributed by atoms with Crippen molar-refractivity contribution in [2.45, 2.75) is 18.9 Å². The van der Waals surface area contributed by atoms with E-state index in [0.717, 1.165) is 29.7 Å². The van der Waals surface area contributed by atoms with Crippen molar-refractivity contribution in [1.29, 1.82) is 0 Å². The molecule has 1 fully saturated rings. The standard InChI is InChI=1S/C19H17ClN2O2S/c20-14-9-7-13(8-10-14)18(23)22(12-15-4-3-11-24-15)19-21-16-5-1-2-6-17(16)25-19/h1-2,5-10,15H,3-4,11-12H2/t15-/m0/s1. The van der Waals surface area contributed by atoms with Crippen LogP contribution in [0.3, 0.4) is 0 Å². The second kappa shape index (κ2) is 7.12. The maximum absolute atomic E-state index is 13.1. The van der Waals surface area contributed by atoms with Crippen LogP contribution in [-0.2, 0) is 4.74 Å². The number of amides is 1. The molecular weight excluding hydrogens is 356 g/mol. The van der Waals surface area contributed by atoms with E-state index in [-0.39, 0.29) is 12.0 Å². The number of carbonyl (C=O) groups excluding carboxylic acids is 1. The number of aromatic nitrogens is 1. The first-order valence-corrected chi connectivity index (χ1v) is 9.45. The number of fused-ring (bicyclic) bond motifs is 1. The summed E-state index contributed by atoms with van der Waals surface area (Å²) in [6.07, 6.45) is 2.06. The van der Waals surface area contributed by atoms with E-state index >= 15 is 0 Å². The summed E-state index contributed by atoms with van der Waals surface area (Å²) in [4.78, 5) is 19.5. The lowest BCUT2D eigenvalue weighted by molar-refractivity contribution is 0.0917. The highest BCUT2D eigenvalue weighted by molar-refractivity contribution is 7.22. The van der Waals surface area contributed by atoms with Gasteiger partial charge >= 0.3 is 0 Å². The number of rotatable bonds is 4. The fourth-order valence-corrected chi connectivity index (χ4v) is 4.06. The second-order valence-corrected chi connectivity index (χ2v) is 7.47. The topological polar surface area (TPSA) is 42.4 Å². The lowest BCUT2D eigenvalue weighted by Gasteiger charge is -2.23. The van der Waals surface area contributed by atoms with Gasteiger partial charge in [0.1, 0.15) is 0 Å². The molecule has 0 unspecified atom stereocenters. The molecule has 2 heterocycles. The van der Waals surface area contributed by atoms with Crippen molar-refractivity contribution in [3.8, 4) is 0 Å². The van der Waals surface area contributed by atoms with E-state index in [1.807, 2.05) is 24.3 Å². The number of hydrogen-bond acceptors (Lipinski definition) is 4. The molecule has 1 saturated heterocycles. The predicted molar refractivity (Wildman–Crippen MR) is 102 cm³/mol. The summed E-state index contributed by atoms with van der Waals surface area (Å²) in [6, 6.07) is 14.9. The summed E-state index contributed by atoms with van der Waals surface area (Å²) in [7, 11) is 0. The third-order valence-corrected chi connectivity index (χ3v) is 5.57. The molecule has 4 nitrogen and oxygen atoms in total. The Morgan fingerprint density at radius 1 is 1.24 bits per heavy atom. The van der Waals surface area contributed by atoms with Gasteiger partial charge in [-0.2, -0.15) is 0 Å². The van der Waals surface area contributed by atoms with Gasteiger partial charge in [-0.05, 0) is 49.2 Å². The van der Waals surface area contributed by atoms with Gasteiger partial charge in [-0.3, -0.25) is 9.69 Å². The maximum atomic E-state index is 13.1. The number of nitrogens with zero attached hydrogens (tertiary/aromatic N) is 2. The first-order chi connectivity index (χ1) is 12.2. The van der Waals surface area contributed by atoms with Crippen LogP contribution in [-0.4, -0.2) is 30.1 Å². The average Bonchev–Trinajstić information content (AvgIpc) is 3.29. The number of ether oxygens (including phenoxy) is 1. The van der Waals surface area contributed by atoms with E-state index in [1.54, 1.807) is 29.2 Å². The Balaban J connectivity index is 1.69. The number of thiazole rings is 1. The van der Waals surface area contributed by atoms with Gasteiger partial charge < -0.3 is 4.74 Å². The minimum absolute atomic E-state index is 0.0586. The van der Waals surface area contributed by atoms with Gasteiger partial charge in [0.25, 0.3) is 5.91 Å². The third-order valence-electron chi connectivity index (χ3n) is 4.26. The summed E-state index contributed by atoms with van der Waals surface area (Å²) in [5, 5.41) is 1.32. The van der Waals surface area contributed by atoms with Crippen LogP contribution < -0.4 is 4.90 Å². The molecule has 1 aliphatic rings. The molecule has 0 saturated carbocycles. The first kappa shape index (κ1) is 16.5. The Bertz CT molecular complexity index is 855. The van der Waals surface area contributed by atoms with Crippen molar-refractivity contribution >= 4 is 44.2 Å². The average molecular weight is 373 g/mol. The molecule has 1 atom stereocenters. The molecule has 0 radical (unpaired) electrons. The Morgan fingerprint density at radius 3 is 2.76 bits per heavy atom. The molecule has 0 aliphatic carbocycles. The summed E-state index contributed by atoms with van der Waals surface area (Å²) < 4.78 is 6.81. The van der Waals surface area contributed by atoms with Crippen molar-refractivity contribution in [2.75, 3.05) is 18.1 Å². The molecule has 25 heavy (non-hydrogen) atoms. The number of hydrogen-bond donors (Lipinski definition) is 0. The Hall–Kier alpha value is -1.95.